The van der Waals surface area contributed by atoms with E-state index >= 15 is 0 Å². The molecule has 0 radical (unpaired) electrons. The summed E-state index contributed by atoms with van der Waals surface area (Å²) in [5.41, 5.74) is 5.14. The van der Waals surface area contributed by atoms with Gasteiger partial charge in [0.25, 0.3) is 0 Å². The Morgan fingerprint density at radius 2 is 1.34 bits per heavy atom. The first-order valence-corrected chi connectivity index (χ1v) is 12.4. The highest BCUT2D eigenvalue weighted by molar-refractivity contribution is 5.94. The van der Waals surface area contributed by atoms with Crippen LogP contribution >= 0.6 is 0 Å². The normalized spacial score (nSPS) is 11.1. The minimum absolute atomic E-state index is 0.0833. The van der Waals surface area contributed by atoms with E-state index in [0.717, 1.165) is 28.9 Å². The lowest BCUT2D eigenvalue weighted by Gasteiger charge is -2.05. The van der Waals surface area contributed by atoms with Gasteiger partial charge in [0, 0.05) is 17.3 Å². The number of hydrogen-bond donors (Lipinski definition) is 0. The van der Waals surface area contributed by atoms with Gasteiger partial charge in [-0.15, -0.1) is 0 Å². The summed E-state index contributed by atoms with van der Waals surface area (Å²) >= 11 is 0. The number of aromatic nitrogens is 2. The summed E-state index contributed by atoms with van der Waals surface area (Å²) in [5, 5.41) is 4.71. The Morgan fingerprint density at radius 3 is 1.94 bits per heavy atom. The fourth-order valence-electron chi connectivity index (χ4n) is 4.13. The number of rotatable bonds is 14. The Labute approximate surface area is 193 Å². The van der Waals surface area contributed by atoms with Crippen molar-refractivity contribution in [3.05, 3.63) is 71.9 Å². The van der Waals surface area contributed by atoms with Gasteiger partial charge in [0.2, 0.25) is 0 Å². The Morgan fingerprint density at radius 1 is 0.750 bits per heavy atom. The highest BCUT2D eigenvalue weighted by Gasteiger charge is 2.06. The Bertz CT molecular complexity index is 938. The molecule has 3 aromatic rings. The Balaban J connectivity index is 1.40. The van der Waals surface area contributed by atoms with Crippen LogP contribution in [-0.4, -0.2) is 15.6 Å². The molecule has 3 rings (SSSR count). The number of hydrogen-bond acceptors (Lipinski definition) is 2. The molecule has 0 amide bonds. The minimum atomic E-state index is 0.0833. The first kappa shape index (κ1) is 24.0. The molecule has 1 aromatic heterocycles. The number of carbonyl (C=O) groups excluding carboxylic acids is 1. The second kappa shape index (κ2) is 13.0. The zero-order chi connectivity index (χ0) is 22.6. The number of benzene rings is 2. The van der Waals surface area contributed by atoms with Gasteiger partial charge >= 0.3 is 0 Å². The SMILES string of the molecule is CCCCCCCCCCCCc1ccc(-n2ccc(-c3ccc(C(C)=O)cc3)n2)cc1. The molecule has 0 fully saturated rings. The van der Waals surface area contributed by atoms with Crippen LogP contribution in [0.5, 0.6) is 0 Å². The molecule has 0 atom stereocenters. The summed E-state index contributed by atoms with van der Waals surface area (Å²) in [6.45, 7) is 3.86. The first-order valence-electron chi connectivity index (χ1n) is 12.4. The van der Waals surface area contributed by atoms with Crippen LogP contribution in [0.3, 0.4) is 0 Å². The van der Waals surface area contributed by atoms with Crippen molar-refractivity contribution < 1.29 is 4.79 Å². The van der Waals surface area contributed by atoms with Gasteiger partial charge in [-0.2, -0.15) is 5.10 Å². The monoisotopic (exact) mass is 430 g/mol. The maximum atomic E-state index is 11.5. The maximum absolute atomic E-state index is 11.5. The Hall–Kier alpha value is -2.68. The van der Waals surface area contributed by atoms with E-state index in [2.05, 4.69) is 31.2 Å². The largest absolute Gasteiger partial charge is 0.295 e. The van der Waals surface area contributed by atoms with E-state index in [1.165, 1.54) is 69.8 Å². The topological polar surface area (TPSA) is 34.9 Å². The van der Waals surface area contributed by atoms with Gasteiger partial charge in [-0.05, 0) is 43.5 Å². The maximum Gasteiger partial charge on any atom is 0.159 e. The zero-order valence-corrected chi connectivity index (χ0v) is 19.9. The lowest BCUT2D eigenvalue weighted by Crippen LogP contribution is -1.96. The lowest BCUT2D eigenvalue weighted by atomic mass is 10.0. The molecule has 0 N–H and O–H groups in total. The van der Waals surface area contributed by atoms with Crippen molar-refractivity contribution in [1.29, 1.82) is 0 Å². The third kappa shape index (κ3) is 7.47. The molecule has 0 unspecified atom stereocenters. The van der Waals surface area contributed by atoms with Crippen LogP contribution in [0.4, 0.5) is 0 Å². The molecule has 2 aromatic carbocycles. The van der Waals surface area contributed by atoms with E-state index in [9.17, 15) is 4.79 Å². The number of unbranched alkanes of at least 4 members (excludes halogenated alkanes) is 9. The molecule has 1 heterocycles. The molecule has 3 heteroatoms. The standard InChI is InChI=1S/C29H38N2O/c1-3-4-5-6-7-8-9-10-11-12-13-25-14-20-28(21-15-25)31-23-22-29(30-31)27-18-16-26(17-19-27)24(2)32/h14-23H,3-13H2,1-2H3. The lowest BCUT2D eigenvalue weighted by molar-refractivity contribution is 0.101. The summed E-state index contributed by atoms with van der Waals surface area (Å²) < 4.78 is 1.92. The fraction of sp³-hybridized carbons (Fsp3) is 0.448. The molecule has 0 aliphatic carbocycles. The second-order valence-electron chi connectivity index (χ2n) is 8.88. The van der Waals surface area contributed by atoms with E-state index in [-0.39, 0.29) is 5.78 Å². The van der Waals surface area contributed by atoms with Crippen LogP contribution in [0.25, 0.3) is 16.9 Å². The Kier molecular flexibility index (Phi) is 9.74. The second-order valence-corrected chi connectivity index (χ2v) is 8.88. The predicted molar refractivity (Wildman–Crippen MR) is 135 cm³/mol. The van der Waals surface area contributed by atoms with Crippen LogP contribution < -0.4 is 0 Å². The van der Waals surface area contributed by atoms with Crippen LogP contribution in [0, 0.1) is 0 Å². The average molecular weight is 431 g/mol. The van der Waals surface area contributed by atoms with E-state index in [1.807, 2.05) is 41.2 Å². The number of nitrogens with zero attached hydrogens (tertiary/aromatic N) is 2. The van der Waals surface area contributed by atoms with E-state index in [0.29, 0.717) is 0 Å². The highest BCUT2D eigenvalue weighted by atomic mass is 16.1. The fourth-order valence-corrected chi connectivity index (χ4v) is 4.13. The van der Waals surface area contributed by atoms with Gasteiger partial charge < -0.3 is 0 Å². The molecular formula is C29H38N2O. The van der Waals surface area contributed by atoms with Gasteiger partial charge in [-0.3, -0.25) is 4.79 Å². The number of aryl methyl sites for hydroxylation is 1. The molecule has 0 saturated heterocycles. The number of ketones is 1. The first-order chi connectivity index (χ1) is 15.7. The quantitative estimate of drug-likeness (QED) is 0.191. The summed E-state index contributed by atoms with van der Waals surface area (Å²) in [5.74, 6) is 0.0833. The number of Topliss-reactive ketones (excluding diaryl/α,β-unsaturated/α-hetero) is 1. The van der Waals surface area contributed by atoms with E-state index in [1.54, 1.807) is 6.92 Å². The molecule has 3 nitrogen and oxygen atoms in total. The summed E-state index contributed by atoms with van der Waals surface area (Å²) in [6.07, 6.45) is 16.9. The van der Waals surface area contributed by atoms with Gasteiger partial charge in [-0.1, -0.05) is 101 Å². The third-order valence-corrected chi connectivity index (χ3v) is 6.20. The van der Waals surface area contributed by atoms with Crippen molar-refractivity contribution in [2.75, 3.05) is 0 Å². The molecule has 0 bridgehead atoms. The average Bonchev–Trinajstić information content (AvgIpc) is 3.31. The van der Waals surface area contributed by atoms with E-state index in [4.69, 9.17) is 5.10 Å². The molecule has 0 spiro atoms. The van der Waals surface area contributed by atoms with Gasteiger partial charge in [0.1, 0.15) is 0 Å². The van der Waals surface area contributed by atoms with Crippen molar-refractivity contribution in [2.24, 2.45) is 0 Å². The van der Waals surface area contributed by atoms with Crippen molar-refractivity contribution in [3.8, 4) is 16.9 Å². The highest BCUT2D eigenvalue weighted by Crippen LogP contribution is 2.20. The van der Waals surface area contributed by atoms with Gasteiger partial charge in [-0.25, -0.2) is 4.68 Å². The third-order valence-electron chi connectivity index (χ3n) is 6.20. The van der Waals surface area contributed by atoms with Crippen molar-refractivity contribution in [3.63, 3.8) is 0 Å². The van der Waals surface area contributed by atoms with Crippen LogP contribution in [0.1, 0.15) is 94.0 Å². The molecule has 0 saturated carbocycles. The molecule has 170 valence electrons. The van der Waals surface area contributed by atoms with Crippen molar-refractivity contribution >= 4 is 5.78 Å². The summed E-state index contributed by atoms with van der Waals surface area (Å²) in [7, 11) is 0. The summed E-state index contributed by atoms with van der Waals surface area (Å²) in [4.78, 5) is 11.5. The van der Waals surface area contributed by atoms with E-state index < -0.39 is 0 Å². The predicted octanol–water partition coefficient (Wildman–Crippen LogP) is 8.21. The van der Waals surface area contributed by atoms with Gasteiger partial charge in [0.05, 0.1) is 11.4 Å². The van der Waals surface area contributed by atoms with Crippen molar-refractivity contribution in [2.45, 2.75) is 84.5 Å². The smallest absolute Gasteiger partial charge is 0.159 e. The number of carbonyl (C=O) groups is 1. The van der Waals surface area contributed by atoms with Gasteiger partial charge in [0.15, 0.2) is 5.78 Å². The summed E-state index contributed by atoms with van der Waals surface area (Å²) in [6, 6.07) is 18.4. The van der Waals surface area contributed by atoms with Crippen LogP contribution in [0.2, 0.25) is 0 Å². The zero-order valence-electron chi connectivity index (χ0n) is 19.9. The molecule has 0 aliphatic rings. The molecule has 0 aliphatic heterocycles. The van der Waals surface area contributed by atoms with Crippen LogP contribution in [0.15, 0.2) is 60.8 Å². The van der Waals surface area contributed by atoms with Crippen molar-refractivity contribution in [1.82, 2.24) is 9.78 Å². The molecular weight excluding hydrogens is 392 g/mol. The molecule has 32 heavy (non-hydrogen) atoms. The van der Waals surface area contributed by atoms with Crippen LogP contribution in [-0.2, 0) is 6.42 Å². The minimum Gasteiger partial charge on any atom is -0.295 e.